The van der Waals surface area contributed by atoms with Gasteiger partial charge in [-0.15, -0.1) is 0 Å². The van der Waals surface area contributed by atoms with E-state index in [1.165, 1.54) is 11.1 Å². The molecule has 0 aliphatic heterocycles. The van der Waals surface area contributed by atoms with Crippen LogP contribution in [0, 0.1) is 0 Å². The van der Waals surface area contributed by atoms with Gasteiger partial charge in [0, 0.05) is 5.92 Å². The molecule has 4 nitrogen and oxygen atoms in total. The number of carbonyl (C=O) groups is 1. The van der Waals surface area contributed by atoms with Gasteiger partial charge in [-0.3, -0.25) is 0 Å². The first-order valence-electron chi connectivity index (χ1n) is 7.82. The predicted octanol–water partition coefficient (Wildman–Crippen LogP) is 4.14. The monoisotopic (exact) mass is 321 g/mol. The number of hydrogen-bond donors (Lipinski definition) is 2. The highest BCUT2D eigenvalue weighted by Crippen LogP contribution is 2.44. The molecule has 0 fully saturated rings. The molecule has 0 saturated heterocycles. The fraction of sp³-hybridized carbons (Fsp3) is 0.200. The fourth-order valence-electron chi connectivity index (χ4n) is 3.04. The zero-order valence-electron chi connectivity index (χ0n) is 13.5. The second-order valence-corrected chi connectivity index (χ2v) is 5.75. The van der Waals surface area contributed by atoms with Gasteiger partial charge in [-0.1, -0.05) is 60.8 Å². The van der Waals surface area contributed by atoms with E-state index in [1.54, 1.807) is 6.92 Å². The quantitative estimate of drug-likeness (QED) is 0.657. The number of benzene rings is 2. The minimum atomic E-state index is -0.585. The van der Waals surface area contributed by atoms with E-state index in [4.69, 9.17) is 4.74 Å². The van der Waals surface area contributed by atoms with Crippen LogP contribution >= 0.6 is 0 Å². The maximum Gasteiger partial charge on any atom is 0.407 e. The average Bonchev–Trinajstić information content (AvgIpc) is 2.93. The largest absolute Gasteiger partial charge is 0.503 e. The number of rotatable bonds is 4. The second-order valence-electron chi connectivity index (χ2n) is 5.75. The van der Waals surface area contributed by atoms with Gasteiger partial charge in [0.1, 0.15) is 6.61 Å². The third-order valence-corrected chi connectivity index (χ3v) is 4.27. The summed E-state index contributed by atoms with van der Waals surface area (Å²) in [6.07, 6.45) is -0.578. The highest BCUT2D eigenvalue weighted by atomic mass is 16.5. The first-order valence-corrected chi connectivity index (χ1v) is 7.82. The summed E-state index contributed by atoms with van der Waals surface area (Å²) < 4.78 is 5.38. The number of carbonyl (C=O) groups excluding carboxylic acids is 1. The molecule has 1 aliphatic carbocycles. The molecule has 1 amide bonds. The topological polar surface area (TPSA) is 58.6 Å². The number of aliphatic hydroxyl groups is 1. The van der Waals surface area contributed by atoms with Crippen LogP contribution in [0.5, 0.6) is 0 Å². The third-order valence-electron chi connectivity index (χ3n) is 4.27. The van der Waals surface area contributed by atoms with Gasteiger partial charge in [-0.05, 0) is 29.2 Å². The number of hydrogen-bond acceptors (Lipinski definition) is 3. The lowest BCUT2D eigenvalue weighted by Crippen LogP contribution is -2.35. The summed E-state index contributed by atoms with van der Waals surface area (Å²) in [5, 5.41) is 12.0. The Bertz CT molecular complexity index is 776. The minimum absolute atomic E-state index is 0.0157. The molecule has 0 saturated carbocycles. The van der Waals surface area contributed by atoms with Crippen LogP contribution in [0.3, 0.4) is 0 Å². The molecule has 0 heterocycles. The molecule has 1 aliphatic rings. The van der Waals surface area contributed by atoms with Crippen LogP contribution in [0.2, 0.25) is 0 Å². The second kappa shape index (κ2) is 6.65. The average molecular weight is 321 g/mol. The number of alkyl carbamates (subject to hydrolysis) is 1. The standard InChI is InChI=1S/C20H19NO3/c1-3-19(22)13(2)21-20(23)24-12-18-16-10-6-4-8-14(16)15-9-5-7-11-17(15)18/h4-11,13,18,22H,1,12H2,2H3,(H,21,23)/t13-/m1/s1. The Kier molecular flexibility index (Phi) is 4.41. The van der Waals surface area contributed by atoms with Gasteiger partial charge in [-0.25, -0.2) is 4.79 Å². The van der Waals surface area contributed by atoms with E-state index >= 15 is 0 Å². The summed E-state index contributed by atoms with van der Waals surface area (Å²) in [6.45, 7) is 5.22. The van der Waals surface area contributed by atoms with Crippen molar-refractivity contribution in [3.05, 3.63) is 77.7 Å². The number of amides is 1. The lowest BCUT2D eigenvalue weighted by atomic mass is 9.98. The van der Waals surface area contributed by atoms with Crippen LogP contribution in [-0.2, 0) is 4.74 Å². The zero-order chi connectivity index (χ0) is 17.1. The van der Waals surface area contributed by atoms with Gasteiger partial charge in [0.2, 0.25) is 0 Å². The highest BCUT2D eigenvalue weighted by molar-refractivity contribution is 5.79. The van der Waals surface area contributed by atoms with Crippen LogP contribution in [0.25, 0.3) is 11.1 Å². The molecule has 0 bridgehead atoms. The van der Waals surface area contributed by atoms with Crippen LogP contribution < -0.4 is 5.32 Å². The van der Waals surface area contributed by atoms with Gasteiger partial charge in [0.15, 0.2) is 5.76 Å². The molecule has 0 unspecified atom stereocenters. The maximum absolute atomic E-state index is 11.9. The molecular weight excluding hydrogens is 302 g/mol. The van der Waals surface area contributed by atoms with E-state index in [0.29, 0.717) is 0 Å². The van der Waals surface area contributed by atoms with E-state index in [2.05, 4.69) is 41.9 Å². The van der Waals surface area contributed by atoms with E-state index in [0.717, 1.165) is 11.1 Å². The van der Waals surface area contributed by atoms with Crippen molar-refractivity contribution in [3.63, 3.8) is 0 Å². The van der Waals surface area contributed by atoms with E-state index < -0.39 is 12.1 Å². The molecule has 122 valence electrons. The summed E-state index contributed by atoms with van der Waals surface area (Å²) in [5.74, 6) is -0.106. The summed E-state index contributed by atoms with van der Waals surface area (Å²) in [5.41, 5.74) is 7.03. The first kappa shape index (κ1) is 15.9. The van der Waals surface area contributed by atoms with Crippen molar-refractivity contribution in [2.75, 3.05) is 6.61 Å². The number of fused-ring (bicyclic) bond motifs is 3. The molecule has 0 radical (unpaired) electrons. The Hall–Kier alpha value is -2.97. The van der Waals surface area contributed by atoms with Gasteiger partial charge in [0.25, 0.3) is 0 Å². The molecule has 24 heavy (non-hydrogen) atoms. The first-order chi connectivity index (χ1) is 11.6. The maximum atomic E-state index is 11.9. The number of aliphatic hydroxyl groups excluding tert-OH is 1. The zero-order valence-corrected chi connectivity index (χ0v) is 13.5. The van der Waals surface area contributed by atoms with Crippen molar-refractivity contribution >= 4 is 6.09 Å². The highest BCUT2D eigenvalue weighted by Gasteiger charge is 2.29. The molecule has 3 rings (SSSR count). The molecule has 0 aromatic heterocycles. The third kappa shape index (κ3) is 2.92. The Morgan fingerprint density at radius 3 is 2.29 bits per heavy atom. The van der Waals surface area contributed by atoms with Crippen LogP contribution in [0.4, 0.5) is 4.79 Å². The lowest BCUT2D eigenvalue weighted by Gasteiger charge is -2.16. The fourth-order valence-corrected chi connectivity index (χ4v) is 3.04. The van der Waals surface area contributed by atoms with Crippen molar-refractivity contribution < 1.29 is 14.6 Å². The van der Waals surface area contributed by atoms with E-state index in [1.807, 2.05) is 24.3 Å². The Labute approximate surface area is 141 Å². The lowest BCUT2D eigenvalue weighted by molar-refractivity contribution is 0.139. The normalized spacial score (nSPS) is 13.4. The summed E-state index contributed by atoms with van der Waals surface area (Å²) in [4.78, 5) is 11.9. The van der Waals surface area contributed by atoms with Gasteiger partial charge in [0.05, 0.1) is 6.04 Å². The van der Waals surface area contributed by atoms with E-state index in [9.17, 15) is 9.90 Å². The Balaban J connectivity index is 1.74. The van der Waals surface area contributed by atoms with Crippen molar-refractivity contribution in [1.82, 2.24) is 5.32 Å². The van der Waals surface area contributed by atoms with Crippen molar-refractivity contribution in [2.24, 2.45) is 0 Å². The van der Waals surface area contributed by atoms with Crippen LogP contribution in [-0.4, -0.2) is 23.8 Å². The van der Waals surface area contributed by atoms with Crippen molar-refractivity contribution in [1.29, 1.82) is 0 Å². The molecular formula is C20H19NO3. The molecule has 2 aromatic carbocycles. The molecule has 0 spiro atoms. The van der Waals surface area contributed by atoms with Crippen molar-refractivity contribution in [2.45, 2.75) is 18.9 Å². The summed E-state index contributed by atoms with van der Waals surface area (Å²) >= 11 is 0. The number of ether oxygens (including phenoxy) is 1. The van der Waals surface area contributed by atoms with Gasteiger partial charge < -0.3 is 15.2 Å². The Morgan fingerprint density at radius 2 is 1.75 bits per heavy atom. The smallest absolute Gasteiger partial charge is 0.407 e. The van der Waals surface area contributed by atoms with Gasteiger partial charge in [-0.2, -0.15) is 0 Å². The van der Waals surface area contributed by atoms with Crippen LogP contribution in [0.1, 0.15) is 24.0 Å². The SMILES string of the molecule is C=C=C(O)[C@@H](C)NC(=O)OCC1c2ccccc2-c2ccccc21. The van der Waals surface area contributed by atoms with Crippen molar-refractivity contribution in [3.8, 4) is 11.1 Å². The Morgan fingerprint density at radius 1 is 1.21 bits per heavy atom. The molecule has 1 atom stereocenters. The molecule has 2 aromatic rings. The van der Waals surface area contributed by atoms with Gasteiger partial charge >= 0.3 is 6.09 Å². The summed E-state index contributed by atoms with van der Waals surface area (Å²) in [7, 11) is 0. The summed E-state index contributed by atoms with van der Waals surface area (Å²) in [6, 6.07) is 15.7. The number of nitrogens with one attached hydrogen (secondary N) is 1. The molecule has 4 heteroatoms. The molecule has 2 N–H and O–H groups in total. The predicted molar refractivity (Wildman–Crippen MR) is 92.9 cm³/mol. The van der Waals surface area contributed by atoms with E-state index in [-0.39, 0.29) is 18.3 Å². The minimum Gasteiger partial charge on any atom is -0.503 e. The van der Waals surface area contributed by atoms with Crippen LogP contribution in [0.15, 0.2) is 66.6 Å².